The van der Waals surface area contributed by atoms with Gasteiger partial charge in [0, 0.05) is 26.0 Å². The van der Waals surface area contributed by atoms with Gasteiger partial charge in [-0.3, -0.25) is 9.79 Å². The van der Waals surface area contributed by atoms with Gasteiger partial charge in [-0.15, -0.1) is 0 Å². The Hall–Kier alpha value is -1.84. The van der Waals surface area contributed by atoms with E-state index in [1.54, 1.807) is 13.1 Å². The summed E-state index contributed by atoms with van der Waals surface area (Å²) in [5.74, 6) is -0.298. The van der Waals surface area contributed by atoms with Gasteiger partial charge in [-0.25, -0.2) is 0 Å². The van der Waals surface area contributed by atoms with Gasteiger partial charge in [0.25, 0.3) is 0 Å². The van der Waals surface area contributed by atoms with E-state index in [2.05, 4.69) is 4.99 Å². The summed E-state index contributed by atoms with van der Waals surface area (Å²) in [6.07, 6.45) is 1.68. The van der Waals surface area contributed by atoms with Gasteiger partial charge in [-0.1, -0.05) is 12.1 Å². The maximum Gasteiger partial charge on any atom is 0.327 e. The van der Waals surface area contributed by atoms with Crippen molar-refractivity contribution in [1.29, 1.82) is 0 Å². The van der Waals surface area contributed by atoms with Crippen molar-refractivity contribution >= 4 is 17.9 Å². The molecule has 0 aromatic heterocycles. The first kappa shape index (κ1) is 13.2. The number of nitrogens with zero attached hydrogens (tertiary/aromatic N) is 2. The van der Waals surface area contributed by atoms with Crippen molar-refractivity contribution in [3.63, 3.8) is 0 Å². The van der Waals surface area contributed by atoms with E-state index in [0.717, 1.165) is 11.3 Å². The minimum absolute atomic E-state index is 0.0727. The van der Waals surface area contributed by atoms with Crippen LogP contribution in [0.2, 0.25) is 0 Å². The normalized spacial score (nSPS) is 10.5. The number of hydrogen-bond donors (Lipinski definition) is 0. The maximum atomic E-state index is 11.0. The van der Waals surface area contributed by atoms with Crippen LogP contribution in [-0.2, 0) is 9.53 Å². The Morgan fingerprint density at radius 2 is 2.00 bits per heavy atom. The lowest BCUT2D eigenvalue weighted by atomic mass is 10.2. The molecule has 0 spiro atoms. The SMILES string of the molecule is CCOC(=O)CN=Cc1ccc(N(C)C)cc1. The van der Waals surface area contributed by atoms with E-state index in [-0.39, 0.29) is 12.5 Å². The Balaban J connectivity index is 2.51. The van der Waals surface area contributed by atoms with Gasteiger partial charge in [0.2, 0.25) is 0 Å². The summed E-state index contributed by atoms with van der Waals surface area (Å²) in [7, 11) is 3.98. The molecule has 92 valence electrons. The molecule has 1 aromatic rings. The predicted molar refractivity (Wildman–Crippen MR) is 69.9 cm³/mol. The van der Waals surface area contributed by atoms with Crippen LogP contribution in [0.1, 0.15) is 12.5 Å². The zero-order valence-corrected chi connectivity index (χ0v) is 10.5. The van der Waals surface area contributed by atoms with E-state index in [1.807, 2.05) is 43.3 Å². The number of ether oxygens (including phenoxy) is 1. The Labute approximate surface area is 102 Å². The molecule has 0 aliphatic carbocycles. The third-order valence-corrected chi connectivity index (χ3v) is 2.18. The number of carbonyl (C=O) groups is 1. The van der Waals surface area contributed by atoms with Crippen molar-refractivity contribution in [2.75, 3.05) is 32.1 Å². The zero-order chi connectivity index (χ0) is 12.7. The molecule has 0 fully saturated rings. The summed E-state index contributed by atoms with van der Waals surface area (Å²) in [4.78, 5) is 17.1. The number of carbonyl (C=O) groups excluding carboxylic acids is 1. The van der Waals surface area contributed by atoms with Crippen LogP contribution in [-0.4, -0.2) is 39.4 Å². The monoisotopic (exact) mass is 234 g/mol. The van der Waals surface area contributed by atoms with Crippen LogP contribution in [0.3, 0.4) is 0 Å². The summed E-state index contributed by atoms with van der Waals surface area (Å²) < 4.78 is 4.77. The van der Waals surface area contributed by atoms with Crippen LogP contribution >= 0.6 is 0 Å². The van der Waals surface area contributed by atoms with Gasteiger partial charge in [-0.2, -0.15) is 0 Å². The van der Waals surface area contributed by atoms with Gasteiger partial charge in [0.05, 0.1) is 6.61 Å². The van der Waals surface area contributed by atoms with E-state index in [4.69, 9.17) is 4.74 Å². The molecule has 0 bridgehead atoms. The van der Waals surface area contributed by atoms with Crippen LogP contribution < -0.4 is 4.90 Å². The van der Waals surface area contributed by atoms with E-state index < -0.39 is 0 Å². The van der Waals surface area contributed by atoms with Crippen molar-refractivity contribution in [3.8, 4) is 0 Å². The quantitative estimate of drug-likeness (QED) is 0.575. The number of esters is 1. The number of aliphatic imine (C=N–C) groups is 1. The van der Waals surface area contributed by atoms with Crippen molar-refractivity contribution in [2.45, 2.75) is 6.92 Å². The molecular formula is C13H18N2O2. The predicted octanol–water partition coefficient (Wildman–Crippen LogP) is 1.73. The molecule has 17 heavy (non-hydrogen) atoms. The molecule has 0 N–H and O–H groups in total. The highest BCUT2D eigenvalue weighted by Gasteiger charge is 1.97. The molecule has 0 aliphatic heterocycles. The number of rotatable bonds is 5. The third-order valence-electron chi connectivity index (χ3n) is 2.18. The van der Waals surface area contributed by atoms with Gasteiger partial charge in [0.1, 0.15) is 6.54 Å². The lowest BCUT2D eigenvalue weighted by Gasteiger charge is -2.11. The lowest BCUT2D eigenvalue weighted by molar-refractivity contribution is -0.141. The highest BCUT2D eigenvalue weighted by molar-refractivity contribution is 5.82. The summed E-state index contributed by atoms with van der Waals surface area (Å²) in [6, 6.07) is 7.94. The van der Waals surface area contributed by atoms with Crippen molar-refractivity contribution in [1.82, 2.24) is 0 Å². The van der Waals surface area contributed by atoms with Crippen LogP contribution in [0, 0.1) is 0 Å². The number of benzene rings is 1. The molecule has 1 aromatic carbocycles. The highest BCUT2D eigenvalue weighted by atomic mass is 16.5. The largest absolute Gasteiger partial charge is 0.465 e. The second kappa shape index (κ2) is 6.68. The fraction of sp³-hybridized carbons (Fsp3) is 0.385. The fourth-order valence-corrected chi connectivity index (χ4v) is 1.29. The molecule has 0 heterocycles. The Kier molecular flexibility index (Phi) is 5.20. The summed E-state index contributed by atoms with van der Waals surface area (Å²) >= 11 is 0. The highest BCUT2D eigenvalue weighted by Crippen LogP contribution is 2.10. The molecule has 0 unspecified atom stereocenters. The first-order chi connectivity index (χ1) is 8.13. The summed E-state index contributed by atoms with van der Waals surface area (Å²) in [5.41, 5.74) is 2.10. The van der Waals surface area contributed by atoms with Crippen molar-refractivity contribution < 1.29 is 9.53 Å². The smallest absolute Gasteiger partial charge is 0.327 e. The van der Waals surface area contributed by atoms with Gasteiger partial charge in [-0.05, 0) is 24.6 Å². The molecule has 1 rings (SSSR count). The summed E-state index contributed by atoms with van der Waals surface area (Å²) in [6.45, 7) is 2.25. The molecule has 0 saturated carbocycles. The average Bonchev–Trinajstić information content (AvgIpc) is 2.30. The number of hydrogen-bond acceptors (Lipinski definition) is 4. The van der Waals surface area contributed by atoms with Gasteiger partial charge < -0.3 is 9.64 Å². The standard InChI is InChI=1S/C13H18N2O2/c1-4-17-13(16)10-14-9-11-5-7-12(8-6-11)15(2)3/h5-9H,4,10H2,1-3H3. The minimum Gasteiger partial charge on any atom is -0.465 e. The molecule has 0 aliphatic rings. The van der Waals surface area contributed by atoms with Crippen LogP contribution in [0.15, 0.2) is 29.3 Å². The lowest BCUT2D eigenvalue weighted by Crippen LogP contribution is -2.08. The Morgan fingerprint density at radius 1 is 1.35 bits per heavy atom. The zero-order valence-electron chi connectivity index (χ0n) is 10.5. The van der Waals surface area contributed by atoms with Crippen molar-refractivity contribution in [2.24, 2.45) is 4.99 Å². The third kappa shape index (κ3) is 4.68. The fourth-order valence-electron chi connectivity index (χ4n) is 1.29. The Morgan fingerprint density at radius 3 is 2.53 bits per heavy atom. The van der Waals surface area contributed by atoms with Gasteiger partial charge >= 0.3 is 5.97 Å². The van der Waals surface area contributed by atoms with E-state index in [0.29, 0.717) is 6.61 Å². The molecule has 0 saturated heterocycles. The summed E-state index contributed by atoms with van der Waals surface area (Å²) in [5, 5.41) is 0. The average molecular weight is 234 g/mol. The second-order valence-electron chi connectivity index (χ2n) is 3.76. The molecular weight excluding hydrogens is 216 g/mol. The van der Waals surface area contributed by atoms with Gasteiger partial charge in [0.15, 0.2) is 0 Å². The van der Waals surface area contributed by atoms with Crippen molar-refractivity contribution in [3.05, 3.63) is 29.8 Å². The molecule has 0 atom stereocenters. The van der Waals surface area contributed by atoms with Crippen LogP contribution in [0.25, 0.3) is 0 Å². The van der Waals surface area contributed by atoms with Crippen LogP contribution in [0.5, 0.6) is 0 Å². The molecule has 4 nitrogen and oxygen atoms in total. The van der Waals surface area contributed by atoms with E-state index in [9.17, 15) is 4.79 Å². The van der Waals surface area contributed by atoms with Crippen LogP contribution in [0.4, 0.5) is 5.69 Å². The number of anilines is 1. The molecule has 0 amide bonds. The van der Waals surface area contributed by atoms with E-state index >= 15 is 0 Å². The maximum absolute atomic E-state index is 11.0. The first-order valence-electron chi connectivity index (χ1n) is 5.56. The minimum atomic E-state index is -0.298. The second-order valence-corrected chi connectivity index (χ2v) is 3.76. The first-order valence-corrected chi connectivity index (χ1v) is 5.56. The topological polar surface area (TPSA) is 41.9 Å². The molecule has 0 radical (unpaired) electrons. The Bertz CT molecular complexity index is 383. The van der Waals surface area contributed by atoms with E-state index in [1.165, 1.54) is 0 Å². The molecule has 4 heteroatoms.